The third-order valence-corrected chi connectivity index (χ3v) is 4.20. The van der Waals surface area contributed by atoms with Crippen LogP contribution in [-0.2, 0) is 28.6 Å². The Kier molecular flexibility index (Phi) is 9.54. The molecule has 0 atom stereocenters. The molecule has 0 radical (unpaired) electrons. The Morgan fingerprint density at radius 1 is 0.842 bits per heavy atom. The predicted octanol–water partition coefficient (Wildman–Crippen LogP) is 2.21. The summed E-state index contributed by atoms with van der Waals surface area (Å²) >= 11 is 0. The average Bonchev–Trinajstić information content (AvgIpc) is 2.23. The van der Waals surface area contributed by atoms with Crippen LogP contribution in [0.2, 0.25) is 0 Å². The lowest BCUT2D eigenvalue weighted by Crippen LogP contribution is -2.15. The molecule has 0 spiro atoms. The molecule has 7 nitrogen and oxygen atoms in total. The monoisotopic (exact) mass is 318 g/mol. The number of hydrogen-bond acceptors (Lipinski definition) is 6. The first-order chi connectivity index (χ1) is 8.77. The van der Waals surface area contributed by atoms with E-state index in [-0.39, 0.29) is 6.61 Å². The van der Waals surface area contributed by atoms with Crippen molar-refractivity contribution >= 4 is 20.8 Å². The van der Waals surface area contributed by atoms with Gasteiger partial charge in [-0.25, -0.2) is 4.18 Å². The molecule has 0 fully saturated rings. The standard InChI is InChI=1S/C10H22O7S2/c1-2-3-4-5-6-7-8-9-10-16-19(14,15)17-18(11,12)13/h2-10H2,1H3,(H,11,12,13). The zero-order valence-electron chi connectivity index (χ0n) is 11.1. The van der Waals surface area contributed by atoms with Crippen LogP contribution < -0.4 is 0 Å². The third kappa shape index (κ3) is 14.0. The van der Waals surface area contributed by atoms with Gasteiger partial charge in [-0.2, -0.15) is 16.8 Å². The van der Waals surface area contributed by atoms with Crippen LogP contribution in [0.15, 0.2) is 0 Å². The normalized spacial score (nSPS) is 12.7. The van der Waals surface area contributed by atoms with Gasteiger partial charge in [0.1, 0.15) is 0 Å². The summed E-state index contributed by atoms with van der Waals surface area (Å²) < 4.78 is 57.9. The Morgan fingerprint density at radius 3 is 1.79 bits per heavy atom. The Hall–Kier alpha value is -0.220. The topological polar surface area (TPSA) is 107 Å². The predicted molar refractivity (Wildman–Crippen MR) is 70.1 cm³/mol. The smallest absolute Gasteiger partial charge is 0.263 e. The van der Waals surface area contributed by atoms with E-state index in [0.29, 0.717) is 6.42 Å². The molecule has 0 aliphatic rings. The molecule has 0 aliphatic carbocycles. The van der Waals surface area contributed by atoms with Crippen molar-refractivity contribution < 1.29 is 29.2 Å². The molecule has 0 bridgehead atoms. The fraction of sp³-hybridized carbons (Fsp3) is 1.00. The van der Waals surface area contributed by atoms with E-state index in [1.54, 1.807) is 0 Å². The molecule has 0 aromatic carbocycles. The highest BCUT2D eigenvalue weighted by Gasteiger charge is 2.20. The molecule has 0 saturated carbocycles. The number of hydrogen-bond donors (Lipinski definition) is 1. The van der Waals surface area contributed by atoms with E-state index < -0.39 is 20.8 Å². The fourth-order valence-electron chi connectivity index (χ4n) is 1.52. The van der Waals surface area contributed by atoms with Gasteiger partial charge in [0.15, 0.2) is 0 Å². The van der Waals surface area contributed by atoms with Crippen molar-refractivity contribution in [3.8, 4) is 0 Å². The Bertz CT molecular complexity index is 413. The fourth-order valence-corrected chi connectivity index (χ4v) is 2.84. The molecule has 0 saturated heterocycles. The minimum atomic E-state index is -5.05. The van der Waals surface area contributed by atoms with Crippen LogP contribution in [-0.4, -0.2) is 28.0 Å². The third-order valence-electron chi connectivity index (χ3n) is 2.39. The maximum atomic E-state index is 10.9. The van der Waals surface area contributed by atoms with Gasteiger partial charge in [0, 0.05) is 0 Å². The summed E-state index contributed by atoms with van der Waals surface area (Å²) in [6.45, 7) is 1.99. The van der Waals surface area contributed by atoms with Crippen LogP contribution in [0, 0.1) is 0 Å². The molecule has 0 rings (SSSR count). The Morgan fingerprint density at radius 2 is 1.32 bits per heavy atom. The lowest BCUT2D eigenvalue weighted by molar-refractivity contribution is 0.258. The summed E-state index contributed by atoms with van der Waals surface area (Å²) in [5.41, 5.74) is 0. The van der Waals surface area contributed by atoms with Crippen LogP contribution in [0.4, 0.5) is 0 Å². The first-order valence-electron chi connectivity index (χ1n) is 6.35. The van der Waals surface area contributed by atoms with Gasteiger partial charge in [0.2, 0.25) is 0 Å². The van der Waals surface area contributed by atoms with Gasteiger partial charge in [-0.3, -0.25) is 4.55 Å². The lowest BCUT2D eigenvalue weighted by atomic mass is 10.1. The van der Waals surface area contributed by atoms with Crippen molar-refractivity contribution in [1.29, 1.82) is 0 Å². The number of unbranched alkanes of at least 4 members (excludes halogenated alkanes) is 7. The first kappa shape index (κ1) is 18.8. The second kappa shape index (κ2) is 9.65. The maximum Gasteiger partial charge on any atom is 0.416 e. The van der Waals surface area contributed by atoms with Crippen LogP contribution in [0.1, 0.15) is 58.3 Å². The largest absolute Gasteiger partial charge is 0.416 e. The average molecular weight is 318 g/mol. The summed E-state index contributed by atoms with van der Waals surface area (Å²) in [5, 5.41) is 0. The molecule has 0 aliphatic heterocycles. The molecule has 116 valence electrons. The van der Waals surface area contributed by atoms with Gasteiger partial charge in [-0.05, 0) is 6.42 Å². The highest BCUT2D eigenvalue weighted by atomic mass is 32.3. The van der Waals surface area contributed by atoms with Gasteiger partial charge >= 0.3 is 20.8 Å². The van der Waals surface area contributed by atoms with Crippen molar-refractivity contribution in [3.63, 3.8) is 0 Å². The molecule has 0 aromatic rings. The lowest BCUT2D eigenvalue weighted by Gasteiger charge is -2.03. The molecule has 0 unspecified atom stereocenters. The Balaban J connectivity index is 3.54. The summed E-state index contributed by atoms with van der Waals surface area (Å²) in [6.07, 6.45) is 8.16. The molecule has 1 N–H and O–H groups in total. The molecular weight excluding hydrogens is 296 g/mol. The van der Waals surface area contributed by atoms with E-state index >= 15 is 0 Å². The zero-order chi connectivity index (χ0) is 14.8. The van der Waals surface area contributed by atoms with Crippen LogP contribution in [0.5, 0.6) is 0 Å². The minimum absolute atomic E-state index is 0.160. The van der Waals surface area contributed by atoms with Crippen molar-refractivity contribution in [3.05, 3.63) is 0 Å². The molecule has 0 amide bonds. The maximum absolute atomic E-state index is 10.9. The minimum Gasteiger partial charge on any atom is -0.263 e. The second-order valence-corrected chi connectivity index (χ2v) is 6.65. The van der Waals surface area contributed by atoms with Crippen LogP contribution in [0.3, 0.4) is 0 Å². The quantitative estimate of drug-likeness (QED) is 0.434. The van der Waals surface area contributed by atoms with E-state index in [2.05, 4.69) is 14.7 Å². The Labute approximate surface area is 115 Å². The van der Waals surface area contributed by atoms with E-state index in [1.165, 1.54) is 25.7 Å². The summed E-state index contributed by atoms with van der Waals surface area (Å²) in [4.78, 5) is 0. The number of rotatable bonds is 12. The molecule has 19 heavy (non-hydrogen) atoms. The summed E-state index contributed by atoms with van der Waals surface area (Å²) in [6, 6.07) is 0. The van der Waals surface area contributed by atoms with E-state index in [4.69, 9.17) is 4.55 Å². The molecular formula is C10H22O7S2. The van der Waals surface area contributed by atoms with Crippen molar-refractivity contribution in [2.24, 2.45) is 0 Å². The highest BCUT2D eigenvalue weighted by molar-refractivity contribution is 7.94. The SMILES string of the molecule is CCCCCCCCCCOS(=O)(=O)OS(=O)(=O)O. The van der Waals surface area contributed by atoms with Crippen molar-refractivity contribution in [2.45, 2.75) is 58.3 Å². The molecule has 0 aromatic heterocycles. The second-order valence-electron chi connectivity index (χ2n) is 4.20. The first-order valence-corrected chi connectivity index (χ1v) is 9.04. The summed E-state index contributed by atoms with van der Waals surface area (Å²) in [5.74, 6) is 0. The summed E-state index contributed by atoms with van der Waals surface area (Å²) in [7, 11) is -9.74. The van der Waals surface area contributed by atoms with Crippen molar-refractivity contribution in [2.75, 3.05) is 6.61 Å². The van der Waals surface area contributed by atoms with Gasteiger partial charge in [-0.15, -0.1) is 3.63 Å². The zero-order valence-corrected chi connectivity index (χ0v) is 12.7. The van der Waals surface area contributed by atoms with Gasteiger partial charge in [0.05, 0.1) is 6.61 Å². The van der Waals surface area contributed by atoms with E-state index in [9.17, 15) is 16.8 Å². The van der Waals surface area contributed by atoms with E-state index in [1.807, 2.05) is 0 Å². The van der Waals surface area contributed by atoms with Crippen LogP contribution in [0.25, 0.3) is 0 Å². The van der Waals surface area contributed by atoms with E-state index in [0.717, 1.165) is 19.3 Å². The van der Waals surface area contributed by atoms with Gasteiger partial charge < -0.3 is 0 Å². The molecule has 0 heterocycles. The molecule has 9 heteroatoms. The van der Waals surface area contributed by atoms with Crippen molar-refractivity contribution in [1.82, 2.24) is 0 Å². The highest BCUT2D eigenvalue weighted by Crippen LogP contribution is 2.09. The van der Waals surface area contributed by atoms with Gasteiger partial charge in [-0.1, -0.05) is 51.9 Å². The van der Waals surface area contributed by atoms with Gasteiger partial charge in [0.25, 0.3) is 0 Å². The van der Waals surface area contributed by atoms with Crippen LogP contribution >= 0.6 is 0 Å².